The Kier molecular flexibility index (Phi) is 8.65. The number of piperidine rings is 1. The number of rotatable bonds is 5. The van der Waals surface area contributed by atoms with Gasteiger partial charge in [0, 0.05) is 26.2 Å². The number of likely N-dealkylation sites (tertiary alicyclic amines) is 1. The third-order valence-electron chi connectivity index (χ3n) is 4.22. The van der Waals surface area contributed by atoms with Crippen molar-refractivity contribution in [3.63, 3.8) is 0 Å². The highest BCUT2D eigenvalue weighted by atomic mass is 127. The van der Waals surface area contributed by atoms with E-state index in [0.29, 0.717) is 18.2 Å². The Hall–Kier alpha value is -1.05. The number of aliphatic imine (C=N–C) groups is 1. The van der Waals surface area contributed by atoms with Crippen LogP contribution in [0.5, 0.6) is 0 Å². The Morgan fingerprint density at radius 3 is 2.43 bits per heavy atom. The largest absolute Gasteiger partial charge is 0.370 e. The summed E-state index contributed by atoms with van der Waals surface area (Å²) in [7, 11) is 0. The van der Waals surface area contributed by atoms with Crippen LogP contribution >= 0.6 is 24.0 Å². The van der Waals surface area contributed by atoms with Crippen LogP contribution in [0.2, 0.25) is 0 Å². The first-order valence-electron chi connectivity index (χ1n) is 8.24. The standard InChI is InChI=1S/C17H27FN4.HI/c1-3-21(4-2)16-9-8-14(12-15(16)18)13-20-17(19)22-10-6-5-7-11-22;/h8-9,12H,3-7,10-11,13H2,1-2H3,(H2,19,20);1H. The number of halogens is 2. The molecule has 0 atom stereocenters. The van der Waals surface area contributed by atoms with Crippen molar-refractivity contribution in [1.29, 1.82) is 0 Å². The maximum atomic E-state index is 14.2. The molecule has 0 saturated carbocycles. The molecular weight excluding hydrogens is 406 g/mol. The molecule has 23 heavy (non-hydrogen) atoms. The Labute approximate surface area is 156 Å². The second-order valence-electron chi connectivity index (χ2n) is 5.68. The third-order valence-corrected chi connectivity index (χ3v) is 4.22. The van der Waals surface area contributed by atoms with Gasteiger partial charge in [-0.15, -0.1) is 24.0 Å². The van der Waals surface area contributed by atoms with Crippen LogP contribution < -0.4 is 10.6 Å². The van der Waals surface area contributed by atoms with Gasteiger partial charge in [0.2, 0.25) is 0 Å². The highest BCUT2D eigenvalue weighted by Crippen LogP contribution is 2.20. The molecule has 0 amide bonds. The van der Waals surface area contributed by atoms with Gasteiger partial charge in [0.1, 0.15) is 5.82 Å². The van der Waals surface area contributed by atoms with Crippen LogP contribution in [0.4, 0.5) is 10.1 Å². The smallest absolute Gasteiger partial charge is 0.191 e. The Morgan fingerprint density at radius 1 is 1.22 bits per heavy atom. The molecule has 0 radical (unpaired) electrons. The number of benzene rings is 1. The lowest BCUT2D eigenvalue weighted by molar-refractivity contribution is 0.338. The first kappa shape index (κ1) is 20.0. The molecule has 1 aromatic carbocycles. The van der Waals surface area contributed by atoms with Crippen molar-refractivity contribution in [3.05, 3.63) is 29.6 Å². The van der Waals surface area contributed by atoms with E-state index in [1.165, 1.54) is 19.3 Å². The summed E-state index contributed by atoms with van der Waals surface area (Å²) in [6.07, 6.45) is 3.61. The van der Waals surface area contributed by atoms with Gasteiger partial charge in [-0.3, -0.25) is 0 Å². The fourth-order valence-electron chi connectivity index (χ4n) is 2.86. The Morgan fingerprint density at radius 2 is 1.87 bits per heavy atom. The zero-order valence-corrected chi connectivity index (χ0v) is 16.4. The average molecular weight is 434 g/mol. The molecule has 0 bridgehead atoms. The minimum Gasteiger partial charge on any atom is -0.370 e. The summed E-state index contributed by atoms with van der Waals surface area (Å²) in [6, 6.07) is 5.34. The van der Waals surface area contributed by atoms with E-state index in [2.05, 4.69) is 9.89 Å². The minimum atomic E-state index is -0.187. The minimum absolute atomic E-state index is 0. The lowest BCUT2D eigenvalue weighted by atomic mass is 10.1. The molecule has 0 spiro atoms. The molecule has 2 N–H and O–H groups in total. The van der Waals surface area contributed by atoms with Crippen molar-refractivity contribution in [2.24, 2.45) is 10.7 Å². The van der Waals surface area contributed by atoms with Gasteiger partial charge >= 0.3 is 0 Å². The predicted octanol–water partition coefficient (Wildman–Crippen LogP) is 3.59. The zero-order valence-electron chi connectivity index (χ0n) is 14.1. The Bertz CT molecular complexity index is 511. The van der Waals surface area contributed by atoms with E-state index in [1.54, 1.807) is 6.07 Å². The summed E-state index contributed by atoms with van der Waals surface area (Å²) in [5, 5.41) is 0. The highest BCUT2D eigenvalue weighted by molar-refractivity contribution is 14.0. The van der Waals surface area contributed by atoms with Gasteiger partial charge < -0.3 is 15.5 Å². The fraction of sp³-hybridized carbons (Fsp3) is 0.588. The number of nitrogens with two attached hydrogens (primary N) is 1. The molecule has 1 saturated heterocycles. The van der Waals surface area contributed by atoms with Crippen LogP contribution in [0.1, 0.15) is 38.7 Å². The number of guanidine groups is 1. The number of anilines is 1. The fourth-order valence-corrected chi connectivity index (χ4v) is 2.86. The predicted molar refractivity (Wildman–Crippen MR) is 106 cm³/mol. The molecule has 1 aliphatic heterocycles. The summed E-state index contributed by atoms with van der Waals surface area (Å²) >= 11 is 0. The van der Waals surface area contributed by atoms with Crippen molar-refractivity contribution in [1.82, 2.24) is 4.90 Å². The lowest BCUT2D eigenvalue weighted by Gasteiger charge is -2.27. The van der Waals surface area contributed by atoms with Gasteiger partial charge in [-0.25, -0.2) is 9.38 Å². The second kappa shape index (κ2) is 9.95. The van der Waals surface area contributed by atoms with E-state index < -0.39 is 0 Å². The van der Waals surface area contributed by atoms with Crippen LogP contribution in [0.15, 0.2) is 23.2 Å². The first-order valence-corrected chi connectivity index (χ1v) is 8.24. The van der Waals surface area contributed by atoms with Crippen LogP contribution in [0.3, 0.4) is 0 Å². The molecular formula is C17H28FIN4. The first-order chi connectivity index (χ1) is 10.7. The van der Waals surface area contributed by atoms with Crippen LogP contribution in [-0.2, 0) is 6.54 Å². The van der Waals surface area contributed by atoms with Crippen LogP contribution in [0.25, 0.3) is 0 Å². The molecule has 0 unspecified atom stereocenters. The maximum absolute atomic E-state index is 14.2. The van der Waals surface area contributed by atoms with Gasteiger partial charge in [0.25, 0.3) is 0 Å². The number of hydrogen-bond acceptors (Lipinski definition) is 2. The molecule has 130 valence electrons. The molecule has 1 aliphatic rings. The molecule has 1 fully saturated rings. The van der Waals surface area contributed by atoms with Crippen molar-refractivity contribution < 1.29 is 4.39 Å². The summed E-state index contributed by atoms with van der Waals surface area (Å²) in [6.45, 7) is 8.04. The van der Waals surface area contributed by atoms with Crippen LogP contribution in [-0.4, -0.2) is 37.0 Å². The van der Waals surface area contributed by atoms with Crippen molar-refractivity contribution in [2.75, 3.05) is 31.1 Å². The summed E-state index contributed by atoms with van der Waals surface area (Å²) < 4.78 is 14.2. The third kappa shape index (κ3) is 5.51. The molecule has 0 aliphatic carbocycles. The molecule has 2 rings (SSSR count). The summed E-state index contributed by atoms with van der Waals surface area (Å²) in [5.41, 5.74) is 7.54. The lowest BCUT2D eigenvalue weighted by Crippen LogP contribution is -2.40. The van der Waals surface area contributed by atoms with E-state index in [-0.39, 0.29) is 29.8 Å². The number of nitrogens with zero attached hydrogens (tertiary/aromatic N) is 3. The zero-order chi connectivity index (χ0) is 15.9. The van der Waals surface area contributed by atoms with Gasteiger partial charge in [0.05, 0.1) is 12.2 Å². The molecule has 6 heteroatoms. The topological polar surface area (TPSA) is 44.9 Å². The van der Waals surface area contributed by atoms with E-state index >= 15 is 0 Å². The molecule has 4 nitrogen and oxygen atoms in total. The second-order valence-corrected chi connectivity index (χ2v) is 5.68. The van der Waals surface area contributed by atoms with E-state index in [0.717, 1.165) is 31.7 Å². The van der Waals surface area contributed by atoms with Gasteiger partial charge in [-0.2, -0.15) is 0 Å². The monoisotopic (exact) mass is 434 g/mol. The Balaban J connectivity index is 0.00000264. The van der Waals surface area contributed by atoms with Gasteiger partial charge in [-0.05, 0) is 50.8 Å². The van der Waals surface area contributed by atoms with E-state index in [4.69, 9.17) is 5.73 Å². The quantitative estimate of drug-likeness (QED) is 0.438. The van der Waals surface area contributed by atoms with E-state index in [9.17, 15) is 4.39 Å². The van der Waals surface area contributed by atoms with Crippen LogP contribution in [0, 0.1) is 5.82 Å². The highest BCUT2D eigenvalue weighted by Gasteiger charge is 2.12. The van der Waals surface area contributed by atoms with Gasteiger partial charge in [-0.1, -0.05) is 6.07 Å². The summed E-state index contributed by atoms with van der Waals surface area (Å²) in [4.78, 5) is 8.53. The maximum Gasteiger partial charge on any atom is 0.191 e. The normalized spacial score (nSPS) is 15.3. The van der Waals surface area contributed by atoms with Gasteiger partial charge in [0.15, 0.2) is 5.96 Å². The van der Waals surface area contributed by atoms with E-state index in [1.807, 2.05) is 30.9 Å². The molecule has 1 heterocycles. The van der Waals surface area contributed by atoms with Crippen molar-refractivity contribution in [2.45, 2.75) is 39.7 Å². The molecule has 1 aromatic rings. The molecule has 0 aromatic heterocycles. The summed E-state index contributed by atoms with van der Waals surface area (Å²) in [5.74, 6) is 0.390. The number of hydrogen-bond donors (Lipinski definition) is 1. The SMILES string of the molecule is CCN(CC)c1ccc(CN=C(N)N2CCCCC2)cc1F.I. The average Bonchev–Trinajstić information content (AvgIpc) is 2.56. The van der Waals surface area contributed by atoms with Crippen molar-refractivity contribution in [3.8, 4) is 0 Å². The van der Waals surface area contributed by atoms with Crippen molar-refractivity contribution >= 4 is 35.6 Å².